The number of aliphatic imine (C=N–C) groups is 1. The van der Waals surface area contributed by atoms with E-state index >= 15 is 0 Å². The number of carboxylic acid groups (broad SMARTS) is 1. The van der Waals surface area contributed by atoms with Crippen LogP contribution in [0.2, 0.25) is 0 Å². The van der Waals surface area contributed by atoms with Crippen molar-refractivity contribution in [1.82, 2.24) is 4.98 Å². The number of para-hydroxylation sites is 1. The molecule has 0 saturated heterocycles. The highest BCUT2D eigenvalue weighted by molar-refractivity contribution is 5.95. The Morgan fingerprint density at radius 2 is 1.83 bits per heavy atom. The van der Waals surface area contributed by atoms with Crippen LogP contribution in [-0.2, 0) is 0 Å². The zero-order chi connectivity index (χ0) is 16.2. The van der Waals surface area contributed by atoms with Crippen LogP contribution in [0.1, 0.15) is 16.1 Å². The maximum Gasteiger partial charge on any atom is 0.337 e. The van der Waals surface area contributed by atoms with Gasteiger partial charge in [0.05, 0.1) is 23.4 Å². The van der Waals surface area contributed by atoms with Crippen molar-refractivity contribution in [2.24, 2.45) is 4.99 Å². The number of aromatic nitrogens is 1. The van der Waals surface area contributed by atoms with Gasteiger partial charge in [-0.2, -0.15) is 0 Å². The number of benzene rings is 2. The molecule has 1 heterocycles. The molecule has 6 nitrogen and oxygen atoms in total. The number of carbonyl (C=O) groups is 1. The van der Waals surface area contributed by atoms with E-state index in [1.807, 2.05) is 6.07 Å². The van der Waals surface area contributed by atoms with Gasteiger partial charge < -0.3 is 14.6 Å². The Hall–Kier alpha value is -3.41. The first-order valence-corrected chi connectivity index (χ1v) is 6.75. The van der Waals surface area contributed by atoms with E-state index in [2.05, 4.69) is 9.98 Å². The Kier molecular flexibility index (Phi) is 3.88. The molecule has 114 valence electrons. The summed E-state index contributed by atoms with van der Waals surface area (Å²) in [7, 11) is 0. The van der Waals surface area contributed by atoms with E-state index in [1.165, 1.54) is 12.3 Å². The minimum atomic E-state index is -1.09. The molecular formula is C17H11N2O4-. The molecule has 0 saturated carbocycles. The second-order valence-corrected chi connectivity index (χ2v) is 4.64. The number of hydrogen-bond acceptors (Lipinski definition) is 5. The molecule has 6 heteroatoms. The van der Waals surface area contributed by atoms with Gasteiger partial charge >= 0.3 is 5.97 Å². The van der Waals surface area contributed by atoms with Crippen molar-refractivity contribution in [3.8, 4) is 17.4 Å². The molecule has 0 aliphatic rings. The van der Waals surface area contributed by atoms with Gasteiger partial charge in [0.1, 0.15) is 11.6 Å². The van der Waals surface area contributed by atoms with Crippen LogP contribution in [0.5, 0.6) is 5.95 Å². The normalized spacial score (nSPS) is 11.0. The van der Waals surface area contributed by atoms with E-state index in [0.717, 1.165) is 0 Å². The first-order valence-electron chi connectivity index (χ1n) is 6.75. The average Bonchev–Trinajstić information content (AvgIpc) is 2.95. The van der Waals surface area contributed by atoms with Gasteiger partial charge in [-0.3, -0.25) is 4.99 Å². The van der Waals surface area contributed by atoms with E-state index in [9.17, 15) is 9.90 Å². The van der Waals surface area contributed by atoms with Gasteiger partial charge in [-0.25, -0.2) is 9.78 Å². The predicted octanol–water partition coefficient (Wildman–Crippen LogP) is 2.86. The summed E-state index contributed by atoms with van der Waals surface area (Å²) in [5.41, 5.74) is 0.978. The standard InChI is InChI=1S/C17H12N2O4/c20-16(21)12-8-4-5-9-13(12)18-10-14-17(22)23-15(19-14)11-6-2-1-3-7-11/h1-10,22H,(H,20,21)/p-1. The summed E-state index contributed by atoms with van der Waals surface area (Å²) in [4.78, 5) is 19.3. The van der Waals surface area contributed by atoms with E-state index in [-0.39, 0.29) is 22.8 Å². The molecule has 0 unspecified atom stereocenters. The molecule has 0 radical (unpaired) electrons. The molecule has 0 amide bonds. The maximum atomic E-state index is 11.8. The smallest absolute Gasteiger partial charge is 0.337 e. The number of nitrogens with zero attached hydrogens (tertiary/aromatic N) is 2. The van der Waals surface area contributed by atoms with Gasteiger partial charge in [0, 0.05) is 5.56 Å². The van der Waals surface area contributed by atoms with Crippen LogP contribution in [-0.4, -0.2) is 22.3 Å². The van der Waals surface area contributed by atoms with Crippen molar-refractivity contribution >= 4 is 17.9 Å². The number of carboxylic acids is 1. The van der Waals surface area contributed by atoms with Crippen molar-refractivity contribution in [1.29, 1.82) is 0 Å². The number of hydrogen-bond donors (Lipinski definition) is 1. The summed E-state index contributed by atoms with van der Waals surface area (Å²) >= 11 is 0. The largest absolute Gasteiger partial charge is 0.562 e. The quantitative estimate of drug-likeness (QED) is 0.747. The first-order chi connectivity index (χ1) is 11.1. The van der Waals surface area contributed by atoms with Crippen LogP contribution in [0.4, 0.5) is 5.69 Å². The SMILES string of the molecule is O=C(O)c1ccccc1N=Cc1nc(-c2ccccc2)oc1[O-]. The van der Waals surface area contributed by atoms with Gasteiger partial charge in [-0.05, 0) is 12.1 Å². The maximum absolute atomic E-state index is 11.8. The lowest BCUT2D eigenvalue weighted by molar-refractivity contribution is -0.293. The predicted molar refractivity (Wildman–Crippen MR) is 82.0 cm³/mol. The first kappa shape index (κ1) is 14.5. The van der Waals surface area contributed by atoms with Gasteiger partial charge in [0.2, 0.25) is 0 Å². The Morgan fingerprint density at radius 3 is 2.57 bits per heavy atom. The van der Waals surface area contributed by atoms with Crippen molar-refractivity contribution in [3.63, 3.8) is 0 Å². The van der Waals surface area contributed by atoms with Crippen molar-refractivity contribution in [2.75, 3.05) is 0 Å². The van der Waals surface area contributed by atoms with Crippen LogP contribution in [0.15, 0.2) is 64.0 Å². The zero-order valence-corrected chi connectivity index (χ0v) is 11.8. The summed E-state index contributed by atoms with van der Waals surface area (Å²) < 4.78 is 5.09. The Bertz CT molecular complexity index is 869. The Balaban J connectivity index is 1.92. The van der Waals surface area contributed by atoms with Gasteiger partial charge in [-0.15, -0.1) is 0 Å². The molecule has 23 heavy (non-hydrogen) atoms. The minimum Gasteiger partial charge on any atom is -0.562 e. The molecule has 0 aliphatic carbocycles. The molecule has 0 aliphatic heterocycles. The average molecular weight is 307 g/mol. The third-order valence-corrected chi connectivity index (χ3v) is 3.10. The summed E-state index contributed by atoms with van der Waals surface area (Å²) in [5, 5.41) is 20.9. The molecule has 2 aromatic carbocycles. The van der Waals surface area contributed by atoms with Gasteiger partial charge in [0.15, 0.2) is 0 Å². The molecule has 3 aromatic rings. The molecule has 0 spiro atoms. The van der Waals surface area contributed by atoms with Crippen molar-refractivity contribution in [2.45, 2.75) is 0 Å². The third-order valence-electron chi connectivity index (χ3n) is 3.10. The summed E-state index contributed by atoms with van der Waals surface area (Å²) in [6.07, 6.45) is 1.21. The highest BCUT2D eigenvalue weighted by Crippen LogP contribution is 2.24. The highest BCUT2D eigenvalue weighted by Gasteiger charge is 2.08. The van der Waals surface area contributed by atoms with Crippen LogP contribution < -0.4 is 5.11 Å². The second kappa shape index (κ2) is 6.15. The summed E-state index contributed by atoms with van der Waals surface area (Å²) in [6.45, 7) is 0. The van der Waals surface area contributed by atoms with Gasteiger partial charge in [0.25, 0.3) is 0 Å². The monoisotopic (exact) mass is 307 g/mol. The van der Waals surface area contributed by atoms with Crippen LogP contribution in [0.3, 0.4) is 0 Å². The topological polar surface area (TPSA) is 98.8 Å². The number of rotatable bonds is 4. The molecule has 1 aromatic heterocycles. The summed E-state index contributed by atoms with van der Waals surface area (Å²) in [6, 6.07) is 15.2. The Morgan fingerprint density at radius 1 is 1.13 bits per heavy atom. The highest BCUT2D eigenvalue weighted by atomic mass is 16.5. The molecular weight excluding hydrogens is 296 g/mol. The zero-order valence-electron chi connectivity index (χ0n) is 11.8. The molecule has 1 N–H and O–H groups in total. The lowest BCUT2D eigenvalue weighted by atomic mass is 10.2. The second-order valence-electron chi connectivity index (χ2n) is 4.64. The molecule has 0 fully saturated rings. The van der Waals surface area contributed by atoms with Crippen molar-refractivity contribution < 1.29 is 19.4 Å². The Labute approximate surface area is 131 Å². The van der Waals surface area contributed by atoms with Gasteiger partial charge in [-0.1, -0.05) is 42.5 Å². The van der Waals surface area contributed by atoms with E-state index < -0.39 is 11.9 Å². The van der Waals surface area contributed by atoms with Crippen LogP contribution in [0.25, 0.3) is 11.5 Å². The fourth-order valence-electron chi connectivity index (χ4n) is 2.00. The fourth-order valence-corrected chi connectivity index (χ4v) is 2.00. The van der Waals surface area contributed by atoms with Crippen LogP contribution >= 0.6 is 0 Å². The lowest BCUT2D eigenvalue weighted by Gasteiger charge is -1.99. The number of aromatic carboxylic acids is 1. The van der Waals surface area contributed by atoms with Crippen LogP contribution in [0, 0.1) is 0 Å². The van der Waals surface area contributed by atoms with Crippen molar-refractivity contribution in [3.05, 3.63) is 65.9 Å². The third kappa shape index (κ3) is 3.11. The molecule has 3 rings (SSSR count). The minimum absolute atomic E-state index is 0.0176. The lowest BCUT2D eigenvalue weighted by Crippen LogP contribution is -1.97. The van der Waals surface area contributed by atoms with E-state index in [0.29, 0.717) is 5.56 Å². The fraction of sp³-hybridized carbons (Fsp3) is 0. The summed E-state index contributed by atoms with van der Waals surface area (Å²) in [5.74, 6) is -1.52. The molecule has 0 bridgehead atoms. The number of oxazole rings is 1. The molecule has 0 atom stereocenters. The van der Waals surface area contributed by atoms with E-state index in [1.54, 1.807) is 42.5 Å². The van der Waals surface area contributed by atoms with E-state index in [4.69, 9.17) is 9.52 Å².